The molecule has 0 fully saturated rings. The van der Waals surface area contributed by atoms with Gasteiger partial charge in [0.25, 0.3) is 0 Å². The Morgan fingerprint density at radius 2 is 1.60 bits per heavy atom. The van der Waals surface area contributed by atoms with Gasteiger partial charge in [-0.25, -0.2) is 0 Å². The highest BCUT2D eigenvalue weighted by Crippen LogP contribution is 2.37. The largest absolute Gasteiger partial charge is 0.413 e. The number of hydrogen-bond donors (Lipinski definition) is 1. The number of benzene rings is 1. The fourth-order valence-corrected chi connectivity index (χ4v) is 3.27. The van der Waals surface area contributed by atoms with Crippen molar-refractivity contribution in [2.45, 2.75) is 52.1 Å². The molecule has 0 aliphatic carbocycles. The summed E-state index contributed by atoms with van der Waals surface area (Å²) in [5.74, 6) is 0. The van der Waals surface area contributed by atoms with Gasteiger partial charge in [-0.2, -0.15) is 0 Å². The molecule has 0 saturated heterocycles. The average Bonchev–Trinajstić information content (AvgIpc) is 2.51. The minimum atomic E-state index is -1.70. The molecule has 0 aromatic heterocycles. The van der Waals surface area contributed by atoms with E-state index < -0.39 is 8.32 Å². The number of aliphatic hydroxyl groups is 1. The molecule has 25 heavy (non-hydrogen) atoms. The second-order valence-electron chi connectivity index (χ2n) is 8.35. The Labute approximate surface area is 157 Å². The topological polar surface area (TPSA) is 35.9 Å². The highest BCUT2D eigenvalue weighted by atomic mass is 31.0. The van der Waals surface area contributed by atoms with Gasteiger partial charge in [0.1, 0.15) is 0 Å². The van der Waals surface area contributed by atoms with Crippen molar-refractivity contribution in [2.24, 2.45) is 0 Å². The van der Waals surface area contributed by atoms with Gasteiger partial charge in [-0.3, -0.25) is 9.57 Å². The highest BCUT2D eigenvalue weighted by molar-refractivity contribution is 7.13. The summed E-state index contributed by atoms with van der Waals surface area (Å²) in [6.07, 6.45) is 0. The Hall–Kier alpha value is -0.293. The van der Waals surface area contributed by atoms with Crippen LogP contribution >= 0.6 is 9.39 Å². The Balaban J connectivity index is 2.60. The van der Waals surface area contributed by atoms with Crippen molar-refractivity contribution in [3.8, 4) is 0 Å². The Kier molecular flexibility index (Phi) is 9.23. The second-order valence-corrected chi connectivity index (χ2v) is 14.0. The molecular formula is C19H37N2O2PSi. The van der Waals surface area contributed by atoms with Crippen LogP contribution in [0.25, 0.3) is 0 Å². The molecule has 1 rings (SSSR count). The van der Waals surface area contributed by atoms with Crippen molar-refractivity contribution in [2.75, 3.05) is 33.3 Å². The predicted octanol–water partition coefficient (Wildman–Crippen LogP) is 3.72. The van der Waals surface area contributed by atoms with Gasteiger partial charge < -0.3 is 9.53 Å². The first-order chi connectivity index (χ1) is 11.5. The molecule has 144 valence electrons. The maximum absolute atomic E-state index is 9.26. The van der Waals surface area contributed by atoms with Crippen molar-refractivity contribution in [1.82, 2.24) is 9.57 Å². The molecular weight excluding hydrogens is 347 g/mol. The van der Waals surface area contributed by atoms with E-state index in [1.807, 2.05) is 7.05 Å². The van der Waals surface area contributed by atoms with Crippen LogP contribution in [0.4, 0.5) is 0 Å². The molecule has 0 heterocycles. The van der Waals surface area contributed by atoms with Crippen molar-refractivity contribution in [1.29, 1.82) is 0 Å². The first-order valence-corrected chi connectivity index (χ1v) is 12.5. The molecule has 1 aromatic carbocycles. The number of rotatable bonds is 10. The molecule has 0 aliphatic rings. The summed E-state index contributed by atoms with van der Waals surface area (Å²) in [4.78, 5) is 2.28. The molecule has 1 unspecified atom stereocenters. The lowest BCUT2D eigenvalue weighted by molar-refractivity contribution is 0.185. The normalized spacial score (nSPS) is 13.0. The number of aliphatic hydroxyl groups excluding tert-OH is 1. The summed E-state index contributed by atoms with van der Waals surface area (Å²) in [6.45, 7) is 15.7. The molecule has 0 bridgehead atoms. The van der Waals surface area contributed by atoms with Crippen LogP contribution in [-0.2, 0) is 17.6 Å². The van der Waals surface area contributed by atoms with E-state index >= 15 is 0 Å². The number of nitrogens with zero attached hydrogens (tertiary/aromatic N) is 2. The monoisotopic (exact) mass is 384 g/mol. The molecule has 1 atom stereocenters. The summed E-state index contributed by atoms with van der Waals surface area (Å²) < 4.78 is 8.38. The van der Waals surface area contributed by atoms with Crippen LogP contribution in [0.1, 0.15) is 31.9 Å². The summed E-state index contributed by atoms with van der Waals surface area (Å²) in [7, 11) is 3.02. The summed E-state index contributed by atoms with van der Waals surface area (Å²) in [6, 6.07) is 8.70. The minimum absolute atomic E-state index is 0.193. The van der Waals surface area contributed by atoms with Gasteiger partial charge in [-0.1, -0.05) is 54.4 Å². The van der Waals surface area contributed by atoms with E-state index in [1.165, 1.54) is 11.1 Å². The van der Waals surface area contributed by atoms with Crippen LogP contribution in [-0.4, -0.2) is 56.3 Å². The first kappa shape index (κ1) is 22.7. The molecule has 4 nitrogen and oxygen atoms in total. The molecule has 0 aliphatic heterocycles. The van der Waals surface area contributed by atoms with E-state index in [1.54, 1.807) is 0 Å². The maximum atomic E-state index is 9.26. The van der Waals surface area contributed by atoms with Crippen LogP contribution < -0.4 is 0 Å². The Morgan fingerprint density at radius 1 is 1.04 bits per heavy atom. The molecule has 0 amide bonds. The van der Waals surface area contributed by atoms with Crippen LogP contribution in [0.2, 0.25) is 18.1 Å². The van der Waals surface area contributed by atoms with E-state index in [0.29, 0.717) is 13.2 Å². The van der Waals surface area contributed by atoms with E-state index in [4.69, 9.17) is 4.43 Å². The van der Waals surface area contributed by atoms with E-state index in [-0.39, 0.29) is 11.6 Å². The third kappa shape index (κ3) is 8.29. The zero-order chi connectivity index (χ0) is 19.1. The smallest absolute Gasteiger partial charge is 0.192 e. The number of hydrogen-bond acceptors (Lipinski definition) is 4. The summed E-state index contributed by atoms with van der Waals surface area (Å²) in [5, 5.41) is 9.50. The van der Waals surface area contributed by atoms with Crippen molar-refractivity contribution in [3.05, 3.63) is 35.4 Å². The minimum Gasteiger partial charge on any atom is -0.413 e. The third-order valence-corrected chi connectivity index (χ3v) is 9.76. The molecule has 0 radical (unpaired) electrons. The number of likely N-dealkylation sites (N-methyl/N-ethyl adjacent to an activating group) is 1. The lowest BCUT2D eigenvalue weighted by Gasteiger charge is -2.36. The molecule has 6 heteroatoms. The predicted molar refractivity (Wildman–Crippen MR) is 113 cm³/mol. The van der Waals surface area contributed by atoms with Gasteiger partial charge in [0, 0.05) is 26.2 Å². The van der Waals surface area contributed by atoms with Crippen LogP contribution in [0.5, 0.6) is 0 Å². The average molecular weight is 385 g/mol. The van der Waals surface area contributed by atoms with Crippen molar-refractivity contribution in [3.63, 3.8) is 0 Å². The second kappa shape index (κ2) is 10.1. The molecule has 1 N–H and O–H groups in total. The van der Waals surface area contributed by atoms with Gasteiger partial charge in [0.05, 0.1) is 13.2 Å². The van der Waals surface area contributed by atoms with Gasteiger partial charge in [-0.15, -0.1) is 0 Å². The van der Waals surface area contributed by atoms with Gasteiger partial charge in [-0.05, 0) is 36.3 Å². The fourth-order valence-electron chi connectivity index (χ4n) is 2.19. The van der Waals surface area contributed by atoms with Crippen LogP contribution in [0.3, 0.4) is 0 Å². The molecule has 1 aromatic rings. The van der Waals surface area contributed by atoms with E-state index in [0.717, 1.165) is 19.6 Å². The maximum Gasteiger partial charge on any atom is 0.192 e. The van der Waals surface area contributed by atoms with Crippen molar-refractivity contribution >= 4 is 17.7 Å². The lowest BCUT2D eigenvalue weighted by Crippen LogP contribution is -2.40. The molecule has 0 saturated carbocycles. The standard InChI is InChI=1S/C19H37N2O2PSi/c1-19(2,3)25(5,6)23-16-18-9-7-17(8-10-18)15-21(13-14-22)12-11-20(4)24/h7-10,22H,11-16,24H2,1-6H3. The fraction of sp³-hybridized carbons (Fsp3) is 0.684. The zero-order valence-corrected chi connectivity index (χ0v) is 19.0. The summed E-state index contributed by atoms with van der Waals surface area (Å²) in [5.41, 5.74) is 2.50. The Bertz CT molecular complexity index is 501. The van der Waals surface area contributed by atoms with Crippen molar-refractivity contribution < 1.29 is 9.53 Å². The first-order valence-electron chi connectivity index (χ1n) is 9.06. The molecule has 0 spiro atoms. The van der Waals surface area contributed by atoms with E-state index in [2.05, 4.69) is 77.1 Å². The van der Waals surface area contributed by atoms with Crippen LogP contribution in [0.15, 0.2) is 24.3 Å². The lowest BCUT2D eigenvalue weighted by atomic mass is 10.1. The quantitative estimate of drug-likeness (QED) is 0.493. The SMILES string of the molecule is CN(P)CCN(CCO)Cc1ccc(CO[Si](C)(C)C(C)(C)C)cc1. The van der Waals surface area contributed by atoms with Crippen LogP contribution in [0, 0.1) is 0 Å². The van der Waals surface area contributed by atoms with Gasteiger partial charge >= 0.3 is 0 Å². The zero-order valence-electron chi connectivity index (χ0n) is 16.9. The van der Waals surface area contributed by atoms with E-state index in [9.17, 15) is 5.11 Å². The Morgan fingerprint density at radius 3 is 2.08 bits per heavy atom. The summed E-state index contributed by atoms with van der Waals surface area (Å²) >= 11 is 0. The van der Waals surface area contributed by atoms with Gasteiger partial charge in [0.2, 0.25) is 0 Å². The highest BCUT2D eigenvalue weighted by Gasteiger charge is 2.36. The van der Waals surface area contributed by atoms with Gasteiger partial charge in [0.15, 0.2) is 8.32 Å². The third-order valence-electron chi connectivity index (χ3n) is 5.02.